The fourth-order valence-corrected chi connectivity index (χ4v) is 6.52. The van der Waals surface area contributed by atoms with E-state index in [0.717, 1.165) is 24.2 Å². The average Bonchev–Trinajstić information content (AvgIpc) is 3.24. The third kappa shape index (κ3) is 3.61. The second-order valence-corrected chi connectivity index (χ2v) is 9.86. The van der Waals surface area contributed by atoms with Crippen LogP contribution in [0.1, 0.15) is 37.3 Å². The van der Waals surface area contributed by atoms with Crippen LogP contribution in [0, 0.1) is 0 Å². The first-order chi connectivity index (χ1) is 13.1. The van der Waals surface area contributed by atoms with E-state index in [9.17, 15) is 13.2 Å². The summed E-state index contributed by atoms with van der Waals surface area (Å²) in [6.45, 7) is 0.909. The molecule has 4 rings (SSSR count). The largest absolute Gasteiger partial charge is 0.493 e. The molecule has 0 radical (unpaired) electrons. The van der Waals surface area contributed by atoms with Crippen LogP contribution < -0.4 is 10.1 Å². The normalized spacial score (nSPS) is 23.3. The molecule has 1 amide bonds. The molecule has 6 nitrogen and oxygen atoms in total. The summed E-state index contributed by atoms with van der Waals surface area (Å²) in [6.07, 6.45) is 2.84. The van der Waals surface area contributed by atoms with Crippen LogP contribution in [-0.4, -0.2) is 37.8 Å². The maximum Gasteiger partial charge on any atom is 0.253 e. The van der Waals surface area contributed by atoms with Crippen LogP contribution in [0.5, 0.6) is 5.75 Å². The maximum atomic E-state index is 13.0. The van der Waals surface area contributed by atoms with Crippen LogP contribution in [0.15, 0.2) is 46.0 Å². The van der Waals surface area contributed by atoms with Crippen molar-refractivity contribution in [3.8, 4) is 5.75 Å². The molecule has 2 aliphatic heterocycles. The molecule has 0 spiro atoms. The molecule has 144 valence electrons. The molecule has 2 aliphatic rings. The summed E-state index contributed by atoms with van der Waals surface area (Å²) < 4.78 is 33.3. The first-order valence-electron chi connectivity index (χ1n) is 9.15. The van der Waals surface area contributed by atoms with Gasteiger partial charge in [-0.25, -0.2) is 8.42 Å². The van der Waals surface area contributed by atoms with E-state index in [1.54, 1.807) is 17.5 Å². The summed E-state index contributed by atoms with van der Waals surface area (Å²) in [6, 6.07) is 10.1. The molecule has 8 heteroatoms. The summed E-state index contributed by atoms with van der Waals surface area (Å²) in [5.41, 5.74) is 0.945. The van der Waals surface area contributed by atoms with Crippen molar-refractivity contribution in [1.82, 2.24) is 9.62 Å². The van der Waals surface area contributed by atoms with Crippen LogP contribution in [0.25, 0.3) is 0 Å². The summed E-state index contributed by atoms with van der Waals surface area (Å²) >= 11 is 1.19. The molecule has 1 fully saturated rings. The molecule has 0 aliphatic carbocycles. The van der Waals surface area contributed by atoms with E-state index in [-0.39, 0.29) is 11.9 Å². The second-order valence-electron chi connectivity index (χ2n) is 6.80. The van der Waals surface area contributed by atoms with E-state index in [2.05, 4.69) is 5.32 Å². The van der Waals surface area contributed by atoms with Gasteiger partial charge in [0.05, 0.1) is 12.6 Å². The van der Waals surface area contributed by atoms with E-state index in [1.165, 1.54) is 15.6 Å². The minimum absolute atomic E-state index is 0.157. The number of carbonyl (C=O) groups is 1. The molecule has 2 atom stereocenters. The molecule has 3 heterocycles. The van der Waals surface area contributed by atoms with Gasteiger partial charge in [-0.15, -0.1) is 11.3 Å². The van der Waals surface area contributed by atoms with Crippen molar-refractivity contribution in [3.63, 3.8) is 0 Å². The van der Waals surface area contributed by atoms with Crippen molar-refractivity contribution in [1.29, 1.82) is 0 Å². The minimum Gasteiger partial charge on any atom is -0.493 e. The third-order valence-corrected chi connectivity index (χ3v) is 8.37. The smallest absolute Gasteiger partial charge is 0.253 e. The number of thiophene rings is 1. The van der Waals surface area contributed by atoms with Crippen LogP contribution in [-0.2, 0) is 14.8 Å². The Balaban J connectivity index is 1.56. The number of para-hydroxylation sites is 1. The lowest BCUT2D eigenvalue weighted by Crippen LogP contribution is -2.52. The van der Waals surface area contributed by atoms with Gasteiger partial charge >= 0.3 is 0 Å². The van der Waals surface area contributed by atoms with Gasteiger partial charge in [-0.3, -0.25) is 4.79 Å². The van der Waals surface area contributed by atoms with Crippen LogP contribution in [0.4, 0.5) is 0 Å². The molecule has 1 saturated heterocycles. The van der Waals surface area contributed by atoms with Gasteiger partial charge < -0.3 is 10.1 Å². The number of piperidine rings is 1. The Labute approximate surface area is 163 Å². The van der Waals surface area contributed by atoms with Gasteiger partial charge in [-0.1, -0.05) is 30.7 Å². The Hall–Kier alpha value is -1.90. The first-order valence-corrected chi connectivity index (χ1v) is 11.5. The number of nitrogens with zero attached hydrogens (tertiary/aromatic N) is 1. The number of benzene rings is 1. The molecule has 1 aromatic carbocycles. The molecule has 1 N–H and O–H groups in total. The molecule has 0 bridgehead atoms. The lowest BCUT2D eigenvalue weighted by molar-refractivity contribution is -0.126. The lowest BCUT2D eigenvalue weighted by atomic mass is 9.99. The van der Waals surface area contributed by atoms with E-state index in [4.69, 9.17) is 4.74 Å². The number of fused-ring (bicyclic) bond motifs is 1. The minimum atomic E-state index is -3.65. The van der Waals surface area contributed by atoms with Gasteiger partial charge in [0.2, 0.25) is 5.91 Å². The topological polar surface area (TPSA) is 75.7 Å². The summed E-state index contributed by atoms with van der Waals surface area (Å²) in [5.74, 6) is 0.553. The first kappa shape index (κ1) is 18.5. The SMILES string of the molecule is O=C(N[C@@H]1CCOc2ccccc21)[C@H]1CCCCN1S(=O)(=O)c1cccs1. The van der Waals surface area contributed by atoms with Crippen molar-refractivity contribution in [2.24, 2.45) is 0 Å². The van der Waals surface area contributed by atoms with E-state index in [0.29, 0.717) is 30.2 Å². The monoisotopic (exact) mass is 406 g/mol. The standard InChI is InChI=1S/C19H22N2O4S2/c22-19(20-15-10-12-25-17-8-2-1-6-14(15)17)16-7-3-4-11-21(16)27(23,24)18-9-5-13-26-18/h1-2,5-6,8-9,13,15-16H,3-4,7,10-12H2,(H,20,22)/t15-,16-/m1/s1. The van der Waals surface area contributed by atoms with Crippen LogP contribution in [0.2, 0.25) is 0 Å². The fraction of sp³-hybridized carbons (Fsp3) is 0.421. The number of ether oxygens (including phenoxy) is 1. The second kappa shape index (κ2) is 7.61. The highest BCUT2D eigenvalue weighted by Crippen LogP contribution is 2.33. The number of rotatable bonds is 4. The summed E-state index contributed by atoms with van der Waals surface area (Å²) in [7, 11) is -3.65. The highest BCUT2D eigenvalue weighted by Gasteiger charge is 2.39. The zero-order valence-corrected chi connectivity index (χ0v) is 16.5. The Bertz CT molecular complexity index is 912. The zero-order valence-electron chi connectivity index (χ0n) is 14.8. The van der Waals surface area contributed by atoms with Crippen molar-refractivity contribution in [3.05, 3.63) is 47.3 Å². The van der Waals surface area contributed by atoms with Gasteiger partial charge in [0, 0.05) is 18.5 Å². The molecular weight excluding hydrogens is 384 g/mol. The van der Waals surface area contributed by atoms with Crippen LogP contribution in [0.3, 0.4) is 0 Å². The number of carbonyl (C=O) groups excluding carboxylic acids is 1. The van der Waals surface area contributed by atoms with Gasteiger partial charge in [0.1, 0.15) is 16.0 Å². The molecule has 0 saturated carbocycles. The highest BCUT2D eigenvalue weighted by molar-refractivity contribution is 7.91. The van der Waals surface area contributed by atoms with Gasteiger partial charge in [0.25, 0.3) is 10.0 Å². The molecule has 2 aromatic rings. The van der Waals surface area contributed by atoms with Crippen molar-refractivity contribution in [2.75, 3.05) is 13.2 Å². The van der Waals surface area contributed by atoms with E-state index < -0.39 is 16.1 Å². The Morgan fingerprint density at radius 1 is 1.15 bits per heavy atom. The lowest BCUT2D eigenvalue weighted by Gasteiger charge is -2.35. The molecular formula is C19H22N2O4S2. The predicted molar refractivity (Wildman–Crippen MR) is 103 cm³/mol. The highest BCUT2D eigenvalue weighted by atomic mass is 32.2. The maximum absolute atomic E-state index is 13.0. The summed E-state index contributed by atoms with van der Waals surface area (Å²) in [4.78, 5) is 13.0. The zero-order chi connectivity index (χ0) is 18.9. The van der Waals surface area contributed by atoms with Crippen molar-refractivity contribution < 1.29 is 17.9 Å². The van der Waals surface area contributed by atoms with Gasteiger partial charge in [0.15, 0.2) is 0 Å². The number of hydrogen-bond acceptors (Lipinski definition) is 5. The van der Waals surface area contributed by atoms with Gasteiger partial charge in [-0.05, 0) is 30.4 Å². The number of hydrogen-bond donors (Lipinski definition) is 1. The molecule has 1 aromatic heterocycles. The Morgan fingerprint density at radius 2 is 2.00 bits per heavy atom. The quantitative estimate of drug-likeness (QED) is 0.847. The van der Waals surface area contributed by atoms with Crippen LogP contribution >= 0.6 is 11.3 Å². The third-order valence-electron chi connectivity index (χ3n) is 5.09. The number of sulfonamides is 1. The van der Waals surface area contributed by atoms with Crippen molar-refractivity contribution in [2.45, 2.75) is 42.0 Å². The average molecular weight is 407 g/mol. The number of nitrogens with one attached hydrogen (secondary N) is 1. The van der Waals surface area contributed by atoms with E-state index >= 15 is 0 Å². The van der Waals surface area contributed by atoms with E-state index in [1.807, 2.05) is 24.3 Å². The van der Waals surface area contributed by atoms with Crippen molar-refractivity contribution >= 4 is 27.3 Å². The molecule has 0 unspecified atom stereocenters. The Morgan fingerprint density at radius 3 is 2.81 bits per heavy atom. The fourth-order valence-electron chi connectivity index (χ4n) is 3.74. The molecule has 27 heavy (non-hydrogen) atoms. The summed E-state index contributed by atoms with van der Waals surface area (Å²) in [5, 5.41) is 4.81. The predicted octanol–water partition coefficient (Wildman–Crippen LogP) is 2.93. The Kier molecular flexibility index (Phi) is 5.21. The van der Waals surface area contributed by atoms with Gasteiger partial charge in [-0.2, -0.15) is 4.31 Å². The number of amides is 1.